The van der Waals surface area contributed by atoms with Gasteiger partial charge in [0.25, 0.3) is 0 Å². The van der Waals surface area contributed by atoms with Crippen molar-refractivity contribution in [2.75, 3.05) is 0 Å². The highest BCUT2D eigenvalue weighted by Crippen LogP contribution is 2.29. The molecule has 8 heteroatoms. The van der Waals surface area contributed by atoms with Gasteiger partial charge in [-0.15, -0.1) is 0 Å². The minimum atomic E-state index is -2.44. The second kappa shape index (κ2) is 6.92. The molecule has 2 N–H and O–H groups in total. The number of halogens is 4. The maximum absolute atomic E-state index is 14.6. The fourth-order valence-electron chi connectivity index (χ4n) is 1.78. The molecule has 0 aliphatic carbocycles. The van der Waals surface area contributed by atoms with Crippen LogP contribution < -0.4 is 5.32 Å². The molecule has 1 aromatic rings. The molecule has 0 amide bonds. The largest absolute Gasteiger partial charge is 0.480 e. The number of carboxylic acids is 1. The highest BCUT2D eigenvalue weighted by molar-refractivity contribution is 6.67. The van der Waals surface area contributed by atoms with Gasteiger partial charge in [-0.25, -0.2) is 4.39 Å². The number of aliphatic carboxylic acids is 1. The van der Waals surface area contributed by atoms with Gasteiger partial charge in [-0.1, -0.05) is 65.1 Å². The van der Waals surface area contributed by atoms with E-state index in [0.717, 1.165) is 6.92 Å². The van der Waals surface area contributed by atoms with Gasteiger partial charge in [-0.3, -0.25) is 14.9 Å². The molecular formula is C13H13Cl3FNO3. The molecule has 21 heavy (non-hydrogen) atoms. The Morgan fingerprint density at radius 2 is 1.81 bits per heavy atom. The van der Waals surface area contributed by atoms with Crippen LogP contribution in [0.5, 0.6) is 0 Å². The first-order chi connectivity index (χ1) is 9.53. The van der Waals surface area contributed by atoms with Crippen molar-refractivity contribution in [3.63, 3.8) is 0 Å². The van der Waals surface area contributed by atoms with Gasteiger partial charge in [-0.2, -0.15) is 0 Å². The molecule has 0 bridgehead atoms. The molecular weight excluding hydrogens is 344 g/mol. The maximum atomic E-state index is 14.6. The van der Waals surface area contributed by atoms with Crippen LogP contribution in [0.25, 0.3) is 0 Å². The Balaban J connectivity index is 2.91. The van der Waals surface area contributed by atoms with Crippen LogP contribution in [0.4, 0.5) is 4.39 Å². The zero-order valence-corrected chi connectivity index (χ0v) is 13.2. The van der Waals surface area contributed by atoms with E-state index < -0.39 is 33.8 Å². The zero-order chi connectivity index (χ0) is 16.3. The summed E-state index contributed by atoms with van der Waals surface area (Å²) < 4.78 is 12.5. The lowest BCUT2D eigenvalue weighted by Gasteiger charge is -2.30. The topological polar surface area (TPSA) is 66.4 Å². The molecule has 1 unspecified atom stereocenters. The van der Waals surface area contributed by atoms with Crippen LogP contribution in [0.1, 0.15) is 23.7 Å². The van der Waals surface area contributed by atoms with Crippen LogP contribution in [0.2, 0.25) is 0 Å². The Morgan fingerprint density at radius 3 is 2.24 bits per heavy atom. The lowest BCUT2D eigenvalue weighted by atomic mass is 9.90. The molecule has 0 aromatic heterocycles. The van der Waals surface area contributed by atoms with Crippen molar-refractivity contribution in [1.29, 1.82) is 0 Å². The number of benzene rings is 1. The number of hydrogen-bond acceptors (Lipinski definition) is 3. The quantitative estimate of drug-likeness (QED) is 0.466. The van der Waals surface area contributed by atoms with Crippen LogP contribution in [-0.4, -0.2) is 32.5 Å². The third-order valence-electron chi connectivity index (χ3n) is 2.76. The lowest BCUT2D eigenvalue weighted by molar-refractivity contribution is -0.143. The summed E-state index contributed by atoms with van der Waals surface area (Å²) in [6, 6.07) is 6.12. The number of nitrogens with one attached hydrogen (secondary N) is 1. The van der Waals surface area contributed by atoms with Gasteiger partial charge in [0.15, 0.2) is 5.78 Å². The van der Waals surface area contributed by atoms with Gasteiger partial charge >= 0.3 is 5.97 Å². The molecule has 4 nitrogen and oxygen atoms in total. The van der Waals surface area contributed by atoms with Crippen LogP contribution >= 0.6 is 34.8 Å². The predicted octanol–water partition coefficient (Wildman–Crippen LogP) is 3.36. The van der Waals surface area contributed by atoms with Crippen molar-refractivity contribution in [3.8, 4) is 0 Å². The fourth-order valence-corrected chi connectivity index (χ4v) is 2.10. The van der Waals surface area contributed by atoms with Gasteiger partial charge in [0.05, 0.1) is 0 Å². The predicted molar refractivity (Wildman–Crippen MR) is 79.8 cm³/mol. The summed E-state index contributed by atoms with van der Waals surface area (Å²) in [6.07, 6.45) is -0.665. The summed E-state index contributed by atoms with van der Waals surface area (Å²) in [7, 11) is 0. The van der Waals surface area contributed by atoms with Crippen LogP contribution in [0.3, 0.4) is 0 Å². The molecule has 0 aliphatic heterocycles. The molecule has 1 rings (SSSR count). The summed E-state index contributed by atoms with van der Waals surface area (Å²) in [5.74, 6) is -2.11. The van der Waals surface area contributed by atoms with Gasteiger partial charge in [0, 0.05) is 12.0 Å². The number of carbonyl (C=O) groups excluding carboxylic acids is 1. The maximum Gasteiger partial charge on any atom is 0.324 e. The van der Waals surface area contributed by atoms with Crippen molar-refractivity contribution >= 4 is 46.6 Å². The molecule has 0 fully saturated rings. The van der Waals surface area contributed by atoms with E-state index in [4.69, 9.17) is 39.9 Å². The monoisotopic (exact) mass is 355 g/mol. The zero-order valence-electron chi connectivity index (χ0n) is 10.9. The average molecular weight is 357 g/mol. The average Bonchev–Trinajstić information content (AvgIpc) is 2.35. The number of alkyl halides is 4. The molecule has 2 atom stereocenters. The van der Waals surface area contributed by atoms with Gasteiger partial charge < -0.3 is 5.11 Å². The first-order valence-electron chi connectivity index (χ1n) is 5.87. The van der Waals surface area contributed by atoms with E-state index in [2.05, 4.69) is 0 Å². The Kier molecular flexibility index (Phi) is 5.99. The fraction of sp³-hybridized carbons (Fsp3) is 0.385. The van der Waals surface area contributed by atoms with Crippen molar-refractivity contribution in [2.45, 2.75) is 29.0 Å². The number of rotatable bonds is 6. The number of hydrogen-bond donors (Lipinski definition) is 2. The Morgan fingerprint density at radius 1 is 1.29 bits per heavy atom. The molecule has 1 aromatic carbocycles. The second-order valence-electron chi connectivity index (χ2n) is 4.66. The van der Waals surface area contributed by atoms with Crippen LogP contribution in [0.15, 0.2) is 30.3 Å². The van der Waals surface area contributed by atoms with E-state index in [1.54, 1.807) is 18.2 Å². The van der Waals surface area contributed by atoms with Crippen LogP contribution in [-0.2, 0) is 4.79 Å². The van der Waals surface area contributed by atoms with Crippen molar-refractivity contribution in [1.82, 2.24) is 5.32 Å². The van der Waals surface area contributed by atoms with Gasteiger partial charge in [0.1, 0.15) is 11.7 Å². The molecule has 0 aliphatic rings. The van der Waals surface area contributed by atoms with E-state index >= 15 is 0 Å². The summed E-state index contributed by atoms with van der Waals surface area (Å²) in [6.45, 7) is 0.968. The molecule has 116 valence electrons. The van der Waals surface area contributed by atoms with Crippen molar-refractivity contribution in [2.24, 2.45) is 0 Å². The number of ketones is 1. The molecule has 0 saturated heterocycles. The summed E-state index contributed by atoms with van der Waals surface area (Å²) >= 11 is 16.3. The standard InChI is InChI=1S/C13H13Cl3FNO3/c1-12(17,10(11(20)21)18-13(14,15)16)7-9(19)8-5-3-2-4-6-8/h2-6,10,18H,7H2,1H3,(H,20,21)/t10-,12?/m0/s1. The van der Waals surface area contributed by atoms with E-state index in [1.807, 2.05) is 5.32 Å². The van der Waals surface area contributed by atoms with E-state index in [9.17, 15) is 14.0 Å². The first-order valence-corrected chi connectivity index (χ1v) is 7.01. The summed E-state index contributed by atoms with van der Waals surface area (Å²) in [4.78, 5) is 23.1. The third-order valence-corrected chi connectivity index (χ3v) is 3.09. The first kappa shape index (κ1) is 18.2. The molecule has 0 spiro atoms. The minimum absolute atomic E-state index is 0.277. The smallest absolute Gasteiger partial charge is 0.324 e. The van der Waals surface area contributed by atoms with Gasteiger partial charge in [0.2, 0.25) is 3.92 Å². The van der Waals surface area contributed by atoms with Crippen molar-refractivity contribution < 1.29 is 19.1 Å². The highest BCUT2D eigenvalue weighted by Gasteiger charge is 2.44. The Labute approximate surface area is 136 Å². The molecule has 0 saturated carbocycles. The molecule has 0 radical (unpaired) electrons. The summed E-state index contributed by atoms with van der Waals surface area (Å²) in [5.41, 5.74) is -2.16. The third kappa shape index (κ3) is 5.79. The number of Topliss-reactive ketones (excluding diaryl/α,β-unsaturated/α-hetero) is 1. The Bertz CT molecular complexity index is 517. The van der Waals surface area contributed by atoms with E-state index in [-0.39, 0.29) is 5.56 Å². The van der Waals surface area contributed by atoms with Gasteiger partial charge in [-0.05, 0) is 6.92 Å². The normalized spacial score (nSPS) is 16.0. The second-order valence-corrected chi connectivity index (χ2v) is 6.94. The molecule has 0 heterocycles. The highest BCUT2D eigenvalue weighted by atomic mass is 35.6. The van der Waals surface area contributed by atoms with Crippen molar-refractivity contribution in [3.05, 3.63) is 35.9 Å². The van der Waals surface area contributed by atoms with E-state index in [0.29, 0.717) is 0 Å². The summed E-state index contributed by atoms with van der Waals surface area (Å²) in [5, 5.41) is 11.1. The number of carboxylic acid groups (broad SMARTS) is 1. The SMILES string of the molecule is CC(F)(CC(=O)c1ccccc1)[C@@H](NC(Cl)(Cl)Cl)C(=O)O. The number of carbonyl (C=O) groups is 2. The van der Waals surface area contributed by atoms with E-state index in [1.165, 1.54) is 12.1 Å². The van der Waals surface area contributed by atoms with Crippen LogP contribution in [0, 0.1) is 0 Å². The lowest BCUT2D eigenvalue weighted by Crippen LogP contribution is -2.55. The Hall–Kier alpha value is -0.880. The minimum Gasteiger partial charge on any atom is -0.480 e.